The molecule has 1 aromatic carbocycles. The summed E-state index contributed by atoms with van der Waals surface area (Å²) in [4.78, 5) is 11.4. The fourth-order valence-corrected chi connectivity index (χ4v) is 1.24. The van der Waals surface area contributed by atoms with Gasteiger partial charge in [0.1, 0.15) is 5.75 Å². The number of hydrogen-bond acceptors (Lipinski definition) is 2. The average Bonchev–Trinajstić information content (AvgIpc) is 2.26. The van der Waals surface area contributed by atoms with Crippen molar-refractivity contribution >= 4 is 11.6 Å². The Morgan fingerprint density at radius 1 is 1.26 bits per heavy atom. The number of carbonyl (C=O) groups excluding carboxylic acids is 1. The summed E-state index contributed by atoms with van der Waals surface area (Å²) >= 11 is 0. The van der Waals surface area contributed by atoms with Crippen LogP contribution < -0.4 is 10.1 Å². The second kappa shape index (κ2) is 6.26. The van der Waals surface area contributed by atoms with Crippen molar-refractivity contribution in [2.45, 2.75) is 20.0 Å². The van der Waals surface area contributed by atoms with Gasteiger partial charge in [-0.15, -0.1) is 0 Å². The zero-order valence-electron chi connectivity index (χ0n) is 10.5. The Morgan fingerprint density at radius 2 is 1.84 bits per heavy atom. The number of ether oxygens (including phenoxy) is 1. The van der Waals surface area contributed by atoms with Crippen LogP contribution in [0.3, 0.4) is 0 Å². The highest BCUT2D eigenvalue weighted by molar-refractivity contribution is 5.99. The Kier molecular flexibility index (Phi) is 4.97. The van der Waals surface area contributed by atoms with Gasteiger partial charge in [0.05, 0.1) is 0 Å². The topological polar surface area (TPSA) is 38.3 Å². The van der Waals surface area contributed by atoms with Crippen molar-refractivity contribution in [3.63, 3.8) is 0 Å². The Labute approximate surface area is 109 Å². The third kappa shape index (κ3) is 6.49. The highest BCUT2D eigenvalue weighted by Crippen LogP contribution is 2.20. The van der Waals surface area contributed by atoms with E-state index in [4.69, 9.17) is 0 Å². The van der Waals surface area contributed by atoms with E-state index < -0.39 is 12.8 Å². The van der Waals surface area contributed by atoms with Gasteiger partial charge in [-0.05, 0) is 38.1 Å². The van der Waals surface area contributed by atoms with Gasteiger partial charge in [0, 0.05) is 11.8 Å². The van der Waals surface area contributed by atoms with Crippen LogP contribution in [0.4, 0.5) is 18.9 Å². The van der Waals surface area contributed by atoms with Crippen LogP contribution in [-0.2, 0) is 4.79 Å². The molecule has 1 aromatic rings. The molecular weight excluding hydrogens is 259 g/mol. The molecular formula is C13H14F3NO2. The maximum atomic E-state index is 11.9. The first-order chi connectivity index (χ1) is 8.76. The van der Waals surface area contributed by atoms with E-state index >= 15 is 0 Å². The highest BCUT2D eigenvalue weighted by atomic mass is 19.4. The summed E-state index contributed by atoms with van der Waals surface area (Å²) in [6.07, 6.45) is -2.94. The van der Waals surface area contributed by atoms with Crippen LogP contribution in [0.15, 0.2) is 35.9 Å². The number of nitrogens with one attached hydrogen (secondary N) is 1. The van der Waals surface area contributed by atoms with Crippen LogP contribution in [0.2, 0.25) is 0 Å². The molecule has 1 rings (SSSR count). The number of anilines is 1. The molecule has 3 nitrogen and oxygen atoms in total. The first-order valence-corrected chi connectivity index (χ1v) is 5.52. The second-order valence-electron chi connectivity index (χ2n) is 4.14. The number of carbonyl (C=O) groups is 1. The SMILES string of the molecule is CC(C)=CC(=O)Nc1ccc(OCC(F)(F)F)cc1. The molecule has 19 heavy (non-hydrogen) atoms. The van der Waals surface area contributed by atoms with Gasteiger partial charge in [-0.2, -0.15) is 13.2 Å². The third-order valence-corrected chi connectivity index (χ3v) is 1.94. The van der Waals surface area contributed by atoms with Crippen LogP contribution in [-0.4, -0.2) is 18.7 Å². The van der Waals surface area contributed by atoms with Crippen LogP contribution in [0, 0.1) is 0 Å². The van der Waals surface area contributed by atoms with E-state index in [-0.39, 0.29) is 11.7 Å². The molecule has 0 saturated carbocycles. The Bertz CT molecular complexity index is 460. The maximum Gasteiger partial charge on any atom is 0.422 e. The molecule has 6 heteroatoms. The number of benzene rings is 1. The number of hydrogen-bond donors (Lipinski definition) is 1. The Balaban J connectivity index is 2.57. The number of amides is 1. The minimum absolute atomic E-state index is 0.0949. The monoisotopic (exact) mass is 273 g/mol. The quantitative estimate of drug-likeness (QED) is 0.852. The first-order valence-electron chi connectivity index (χ1n) is 5.52. The van der Waals surface area contributed by atoms with Crippen LogP contribution in [0.1, 0.15) is 13.8 Å². The summed E-state index contributed by atoms with van der Waals surface area (Å²) in [5.74, 6) is -0.193. The second-order valence-corrected chi connectivity index (χ2v) is 4.14. The van der Waals surface area contributed by atoms with Gasteiger partial charge >= 0.3 is 6.18 Å². The lowest BCUT2D eigenvalue weighted by Gasteiger charge is -2.09. The smallest absolute Gasteiger partial charge is 0.422 e. The molecule has 0 atom stereocenters. The van der Waals surface area contributed by atoms with Crippen molar-refractivity contribution in [2.75, 3.05) is 11.9 Å². The molecule has 0 aliphatic rings. The number of rotatable bonds is 4. The molecule has 0 saturated heterocycles. The molecule has 0 bridgehead atoms. The first kappa shape index (κ1) is 15.1. The number of halogens is 3. The molecule has 104 valence electrons. The Hall–Kier alpha value is -1.98. The predicted octanol–water partition coefficient (Wildman–Crippen LogP) is 3.53. The van der Waals surface area contributed by atoms with Crippen molar-refractivity contribution in [1.82, 2.24) is 0 Å². The molecule has 1 amide bonds. The van der Waals surface area contributed by atoms with E-state index in [1.807, 2.05) is 0 Å². The van der Waals surface area contributed by atoms with Crippen LogP contribution in [0.5, 0.6) is 5.75 Å². The van der Waals surface area contributed by atoms with Crippen molar-refractivity contribution < 1.29 is 22.7 Å². The Morgan fingerprint density at radius 3 is 2.32 bits per heavy atom. The number of alkyl halides is 3. The summed E-state index contributed by atoms with van der Waals surface area (Å²) in [6, 6.07) is 5.68. The summed E-state index contributed by atoms with van der Waals surface area (Å²) in [7, 11) is 0. The molecule has 1 N–H and O–H groups in total. The molecule has 0 radical (unpaired) electrons. The van der Waals surface area contributed by atoms with Gasteiger partial charge in [-0.1, -0.05) is 5.57 Å². The summed E-state index contributed by atoms with van der Waals surface area (Å²) in [6.45, 7) is 2.23. The van der Waals surface area contributed by atoms with Crippen molar-refractivity contribution in [3.05, 3.63) is 35.9 Å². The van der Waals surface area contributed by atoms with E-state index in [0.29, 0.717) is 5.69 Å². The minimum atomic E-state index is -4.36. The predicted molar refractivity (Wildman–Crippen MR) is 66.1 cm³/mol. The lowest BCUT2D eigenvalue weighted by molar-refractivity contribution is -0.153. The van der Waals surface area contributed by atoms with E-state index in [2.05, 4.69) is 10.1 Å². The lowest BCUT2D eigenvalue weighted by atomic mass is 10.3. The van der Waals surface area contributed by atoms with Crippen molar-refractivity contribution in [1.29, 1.82) is 0 Å². The van der Waals surface area contributed by atoms with Gasteiger partial charge in [-0.3, -0.25) is 4.79 Å². The van der Waals surface area contributed by atoms with Gasteiger partial charge in [0.25, 0.3) is 0 Å². The molecule has 0 heterocycles. The zero-order valence-corrected chi connectivity index (χ0v) is 10.5. The van der Waals surface area contributed by atoms with Gasteiger partial charge in [0.15, 0.2) is 6.61 Å². The molecule has 0 aliphatic heterocycles. The van der Waals surface area contributed by atoms with E-state index in [1.54, 1.807) is 13.8 Å². The molecule has 0 fully saturated rings. The zero-order chi connectivity index (χ0) is 14.5. The van der Waals surface area contributed by atoms with Crippen LogP contribution in [0.25, 0.3) is 0 Å². The average molecular weight is 273 g/mol. The third-order valence-electron chi connectivity index (χ3n) is 1.94. The molecule has 0 aromatic heterocycles. The summed E-state index contributed by atoms with van der Waals surface area (Å²) < 4.78 is 40.3. The van der Waals surface area contributed by atoms with Crippen molar-refractivity contribution in [2.24, 2.45) is 0 Å². The molecule has 0 unspecified atom stereocenters. The van der Waals surface area contributed by atoms with Gasteiger partial charge < -0.3 is 10.1 Å². The minimum Gasteiger partial charge on any atom is -0.484 e. The lowest BCUT2D eigenvalue weighted by Crippen LogP contribution is -2.19. The maximum absolute atomic E-state index is 11.9. The summed E-state index contributed by atoms with van der Waals surface area (Å²) in [5, 5.41) is 2.58. The number of allylic oxidation sites excluding steroid dienone is 1. The molecule has 0 aliphatic carbocycles. The van der Waals surface area contributed by atoms with Gasteiger partial charge in [-0.25, -0.2) is 0 Å². The normalized spacial score (nSPS) is 10.8. The fourth-order valence-electron chi connectivity index (χ4n) is 1.24. The highest BCUT2D eigenvalue weighted by Gasteiger charge is 2.28. The van der Waals surface area contributed by atoms with E-state index in [1.165, 1.54) is 30.3 Å². The summed E-state index contributed by atoms with van der Waals surface area (Å²) in [5.41, 5.74) is 1.34. The standard InChI is InChI=1S/C13H14F3NO2/c1-9(2)7-12(18)17-10-3-5-11(6-4-10)19-8-13(14,15)16/h3-7H,8H2,1-2H3,(H,17,18). The largest absolute Gasteiger partial charge is 0.484 e. The van der Waals surface area contributed by atoms with E-state index in [9.17, 15) is 18.0 Å². The fraction of sp³-hybridized carbons (Fsp3) is 0.308. The van der Waals surface area contributed by atoms with E-state index in [0.717, 1.165) is 5.57 Å². The van der Waals surface area contributed by atoms with Gasteiger partial charge in [0.2, 0.25) is 5.91 Å². The van der Waals surface area contributed by atoms with Crippen molar-refractivity contribution in [3.8, 4) is 5.75 Å². The van der Waals surface area contributed by atoms with Crippen LogP contribution >= 0.6 is 0 Å². The molecule has 0 spiro atoms.